The topological polar surface area (TPSA) is 58.4 Å². The fraction of sp³-hybridized carbons (Fsp3) is 0.207. The molecule has 38 heavy (non-hydrogen) atoms. The van der Waals surface area contributed by atoms with E-state index in [1.54, 1.807) is 26.7 Å². The SMILES string of the molecule is Cn1ncc(Br)c1-c1ccc2c(c1)CN(C(Cc1cc(F)cc(F)c1)CN1Cc3ccccc3C1=O)C2=O. The van der Waals surface area contributed by atoms with Gasteiger partial charge in [0.1, 0.15) is 11.6 Å². The van der Waals surface area contributed by atoms with Crippen LogP contribution < -0.4 is 0 Å². The number of aromatic nitrogens is 2. The molecule has 0 spiro atoms. The summed E-state index contributed by atoms with van der Waals surface area (Å²) in [5, 5.41) is 4.28. The molecule has 3 aromatic carbocycles. The number of aryl methyl sites for hydroxylation is 1. The molecule has 0 saturated heterocycles. The van der Waals surface area contributed by atoms with Gasteiger partial charge in [-0.05, 0) is 69.4 Å². The van der Waals surface area contributed by atoms with E-state index in [0.29, 0.717) is 29.8 Å². The minimum atomic E-state index is -0.675. The van der Waals surface area contributed by atoms with Crippen LogP contribution in [0.4, 0.5) is 8.78 Å². The molecular weight excluding hydrogens is 554 g/mol. The zero-order valence-electron chi connectivity index (χ0n) is 20.5. The second-order valence-electron chi connectivity index (χ2n) is 9.75. The Labute approximate surface area is 226 Å². The molecule has 0 N–H and O–H groups in total. The van der Waals surface area contributed by atoms with Crippen molar-refractivity contribution in [1.82, 2.24) is 19.6 Å². The molecule has 2 aliphatic heterocycles. The Bertz CT molecular complexity index is 1560. The van der Waals surface area contributed by atoms with Gasteiger partial charge in [0, 0.05) is 49.4 Å². The van der Waals surface area contributed by atoms with Gasteiger partial charge < -0.3 is 9.80 Å². The van der Waals surface area contributed by atoms with Crippen LogP contribution in [0, 0.1) is 11.6 Å². The summed E-state index contributed by atoms with van der Waals surface area (Å²) in [6, 6.07) is 16.0. The van der Waals surface area contributed by atoms with E-state index in [9.17, 15) is 18.4 Å². The monoisotopic (exact) mass is 576 g/mol. The predicted molar refractivity (Wildman–Crippen MR) is 141 cm³/mol. The third-order valence-electron chi connectivity index (χ3n) is 7.27. The molecule has 3 heterocycles. The van der Waals surface area contributed by atoms with Crippen molar-refractivity contribution in [1.29, 1.82) is 0 Å². The number of hydrogen-bond donors (Lipinski definition) is 0. The normalized spacial score (nSPS) is 15.3. The molecule has 0 fully saturated rings. The molecule has 1 unspecified atom stereocenters. The van der Waals surface area contributed by atoms with Crippen LogP contribution in [0.25, 0.3) is 11.3 Å². The van der Waals surface area contributed by atoms with E-state index < -0.39 is 17.7 Å². The number of nitrogens with zero attached hydrogens (tertiary/aromatic N) is 4. The Kier molecular flexibility index (Phi) is 6.10. The highest BCUT2D eigenvalue weighted by Gasteiger charge is 2.37. The molecule has 2 amide bonds. The summed E-state index contributed by atoms with van der Waals surface area (Å²) in [6.07, 6.45) is 1.92. The van der Waals surface area contributed by atoms with Crippen molar-refractivity contribution in [2.45, 2.75) is 25.6 Å². The Morgan fingerprint density at radius 1 is 0.921 bits per heavy atom. The average Bonchev–Trinajstić information content (AvgIpc) is 3.50. The largest absolute Gasteiger partial charge is 0.332 e. The molecule has 9 heteroatoms. The van der Waals surface area contributed by atoms with Gasteiger partial charge in [0.2, 0.25) is 0 Å². The summed E-state index contributed by atoms with van der Waals surface area (Å²) in [4.78, 5) is 30.2. The van der Waals surface area contributed by atoms with Gasteiger partial charge in [0.25, 0.3) is 11.8 Å². The summed E-state index contributed by atoms with van der Waals surface area (Å²) < 4.78 is 30.7. The van der Waals surface area contributed by atoms with Gasteiger partial charge in [-0.1, -0.05) is 24.3 Å². The highest BCUT2D eigenvalue weighted by Crippen LogP contribution is 2.34. The standard InChI is InChI=1S/C29H23BrF2N4O2/c1-34-27(26(30)13-33-34)18-6-7-25-20(11-18)15-36(29(25)38)23(10-17-8-21(31)12-22(32)9-17)16-35-14-19-4-2-3-5-24(19)28(35)37/h2-9,11-13,23H,10,14-16H2,1H3. The van der Waals surface area contributed by atoms with Crippen LogP contribution in [-0.4, -0.2) is 44.0 Å². The first-order valence-electron chi connectivity index (χ1n) is 12.2. The first-order valence-corrected chi connectivity index (χ1v) is 13.0. The van der Waals surface area contributed by atoms with Crippen molar-refractivity contribution < 1.29 is 18.4 Å². The van der Waals surface area contributed by atoms with Gasteiger partial charge in [-0.3, -0.25) is 14.3 Å². The van der Waals surface area contributed by atoms with E-state index in [4.69, 9.17) is 0 Å². The highest BCUT2D eigenvalue weighted by molar-refractivity contribution is 9.10. The molecule has 0 saturated carbocycles. The molecule has 0 bridgehead atoms. The van der Waals surface area contributed by atoms with Crippen LogP contribution in [0.2, 0.25) is 0 Å². The van der Waals surface area contributed by atoms with Crippen molar-refractivity contribution in [2.24, 2.45) is 7.05 Å². The first-order chi connectivity index (χ1) is 18.3. The molecule has 0 aliphatic carbocycles. The first kappa shape index (κ1) is 24.5. The third-order valence-corrected chi connectivity index (χ3v) is 7.85. The molecule has 6 rings (SSSR count). The van der Waals surface area contributed by atoms with Gasteiger partial charge in [0.05, 0.1) is 22.4 Å². The quantitative estimate of drug-likeness (QED) is 0.311. The maximum absolute atomic E-state index is 14.0. The van der Waals surface area contributed by atoms with Crippen molar-refractivity contribution in [3.63, 3.8) is 0 Å². The predicted octanol–water partition coefficient (Wildman–Crippen LogP) is 5.35. The zero-order chi connectivity index (χ0) is 26.6. The maximum atomic E-state index is 14.0. The van der Waals surface area contributed by atoms with Crippen LogP contribution in [0.3, 0.4) is 0 Å². The number of halogens is 3. The fourth-order valence-electron chi connectivity index (χ4n) is 5.51. The Hall–Kier alpha value is -3.85. The summed E-state index contributed by atoms with van der Waals surface area (Å²) in [7, 11) is 1.85. The smallest absolute Gasteiger partial charge is 0.254 e. The number of hydrogen-bond acceptors (Lipinski definition) is 3. The van der Waals surface area contributed by atoms with Gasteiger partial charge in [-0.2, -0.15) is 5.10 Å². The van der Waals surface area contributed by atoms with E-state index in [1.165, 1.54) is 12.1 Å². The van der Waals surface area contributed by atoms with E-state index in [2.05, 4.69) is 21.0 Å². The van der Waals surface area contributed by atoms with Crippen molar-refractivity contribution in [3.05, 3.63) is 111 Å². The summed E-state index contributed by atoms with van der Waals surface area (Å²) in [5.74, 6) is -1.62. The lowest BCUT2D eigenvalue weighted by atomic mass is 10.0. The van der Waals surface area contributed by atoms with Crippen LogP contribution in [0.1, 0.15) is 37.4 Å². The minimum absolute atomic E-state index is 0.108. The summed E-state index contributed by atoms with van der Waals surface area (Å²) in [6.45, 7) is 0.997. The lowest BCUT2D eigenvalue weighted by molar-refractivity contribution is 0.0585. The maximum Gasteiger partial charge on any atom is 0.254 e. The lowest BCUT2D eigenvalue weighted by Crippen LogP contribution is -2.45. The number of rotatable bonds is 6. The van der Waals surface area contributed by atoms with Crippen LogP contribution >= 0.6 is 15.9 Å². The summed E-state index contributed by atoms with van der Waals surface area (Å²) in [5.41, 5.74) is 5.25. The zero-order valence-corrected chi connectivity index (χ0v) is 22.1. The Morgan fingerprint density at radius 3 is 2.37 bits per heavy atom. The molecular formula is C29H23BrF2N4O2. The van der Waals surface area contributed by atoms with Crippen LogP contribution in [0.5, 0.6) is 0 Å². The molecule has 6 nitrogen and oxygen atoms in total. The number of carbonyl (C=O) groups is 2. The number of benzene rings is 3. The summed E-state index contributed by atoms with van der Waals surface area (Å²) >= 11 is 3.54. The molecule has 192 valence electrons. The van der Waals surface area contributed by atoms with Gasteiger partial charge in [-0.15, -0.1) is 0 Å². The van der Waals surface area contributed by atoms with E-state index in [-0.39, 0.29) is 24.8 Å². The molecule has 4 aromatic rings. The van der Waals surface area contributed by atoms with Crippen molar-refractivity contribution >= 4 is 27.7 Å². The minimum Gasteiger partial charge on any atom is -0.332 e. The third kappa shape index (κ3) is 4.30. The number of amides is 2. The van der Waals surface area contributed by atoms with Crippen LogP contribution in [-0.2, 0) is 26.6 Å². The van der Waals surface area contributed by atoms with E-state index >= 15 is 0 Å². The Balaban J connectivity index is 1.32. The Morgan fingerprint density at radius 2 is 1.66 bits per heavy atom. The van der Waals surface area contributed by atoms with Crippen LogP contribution in [0.15, 0.2) is 71.3 Å². The second-order valence-corrected chi connectivity index (χ2v) is 10.6. The van der Waals surface area contributed by atoms with E-state index in [0.717, 1.165) is 32.9 Å². The van der Waals surface area contributed by atoms with Crippen molar-refractivity contribution in [2.75, 3.05) is 6.54 Å². The molecule has 0 radical (unpaired) electrons. The number of fused-ring (bicyclic) bond motifs is 2. The highest BCUT2D eigenvalue weighted by atomic mass is 79.9. The fourth-order valence-corrected chi connectivity index (χ4v) is 6.09. The molecule has 1 atom stereocenters. The average molecular weight is 577 g/mol. The van der Waals surface area contributed by atoms with Gasteiger partial charge in [-0.25, -0.2) is 8.78 Å². The molecule has 1 aromatic heterocycles. The lowest BCUT2D eigenvalue weighted by Gasteiger charge is -2.31. The number of carbonyl (C=O) groups excluding carboxylic acids is 2. The van der Waals surface area contributed by atoms with Crippen molar-refractivity contribution in [3.8, 4) is 11.3 Å². The van der Waals surface area contributed by atoms with E-state index in [1.807, 2.05) is 43.4 Å². The molecule has 2 aliphatic rings. The van der Waals surface area contributed by atoms with Gasteiger partial charge in [0.15, 0.2) is 0 Å². The van der Waals surface area contributed by atoms with Gasteiger partial charge >= 0.3 is 0 Å². The second kappa shape index (κ2) is 9.47.